The molecule has 0 aliphatic heterocycles. The number of rotatable bonds is 34. The fourth-order valence-electron chi connectivity index (χ4n) is 5.47. The van der Waals surface area contributed by atoms with E-state index in [1.54, 1.807) is 0 Å². The zero-order valence-electron chi connectivity index (χ0n) is 28.5. The van der Waals surface area contributed by atoms with Crippen LogP contribution in [0.5, 0.6) is 0 Å². The van der Waals surface area contributed by atoms with E-state index in [9.17, 15) is 24.5 Å². The monoisotopic (exact) mass is 650 g/mol. The quantitative estimate of drug-likeness (QED) is 0.0346. The highest BCUT2D eigenvalue weighted by atomic mass is 31.2. The average molecular weight is 651 g/mol. The number of nitrogens with two attached hydrogens (primary N) is 1. The normalized spacial score (nSPS) is 15.1. The molecule has 6 N–H and O–H groups in total. The number of aliphatic hydroxyl groups is 2. The maximum absolute atomic E-state index is 12.7. The van der Waals surface area contributed by atoms with E-state index in [1.165, 1.54) is 103 Å². The minimum absolute atomic E-state index is 0.0621. The minimum Gasteiger partial charge on any atom is -0.393 e. The van der Waals surface area contributed by atoms with E-state index in [1.807, 2.05) is 0 Å². The summed E-state index contributed by atoms with van der Waals surface area (Å²) in [5.74, 6) is -0.414. The Balaban J connectivity index is 4.39. The second-order valence-electron chi connectivity index (χ2n) is 12.6. The molecule has 4 unspecified atom stereocenters. The predicted molar refractivity (Wildman–Crippen MR) is 182 cm³/mol. The molecule has 0 radical (unpaired) electrons. The van der Waals surface area contributed by atoms with Crippen molar-refractivity contribution in [2.75, 3.05) is 19.8 Å². The molecule has 9 nitrogen and oxygen atoms in total. The first-order chi connectivity index (χ1) is 21.3. The number of aliphatic hydroxyl groups excluding tert-OH is 2. The first-order valence-corrected chi connectivity index (χ1v) is 19.7. The van der Waals surface area contributed by atoms with Gasteiger partial charge in [0.15, 0.2) is 0 Å². The maximum Gasteiger partial charge on any atom is 0.472 e. The van der Waals surface area contributed by atoms with Crippen LogP contribution in [-0.2, 0) is 18.4 Å². The molecular formula is C34H71N2O7P. The first kappa shape index (κ1) is 43.5. The van der Waals surface area contributed by atoms with Crippen LogP contribution in [0.25, 0.3) is 0 Å². The highest BCUT2D eigenvalue weighted by Gasteiger charge is 2.28. The fraction of sp³-hybridized carbons (Fsp3) is 0.971. The summed E-state index contributed by atoms with van der Waals surface area (Å²) in [7, 11) is -4.36. The number of nitrogens with one attached hydrogen (secondary N) is 1. The molecule has 0 rings (SSSR count). The fourth-order valence-corrected chi connectivity index (χ4v) is 6.23. The molecule has 0 saturated heterocycles. The van der Waals surface area contributed by atoms with Gasteiger partial charge in [0, 0.05) is 6.54 Å². The van der Waals surface area contributed by atoms with Crippen LogP contribution in [0.3, 0.4) is 0 Å². The van der Waals surface area contributed by atoms with E-state index in [0.717, 1.165) is 38.5 Å². The average Bonchev–Trinajstić information content (AvgIpc) is 2.99. The summed E-state index contributed by atoms with van der Waals surface area (Å²) in [6, 6.07) is -0.887. The summed E-state index contributed by atoms with van der Waals surface area (Å²) in [5.41, 5.74) is 5.34. The molecule has 0 aliphatic rings. The third-order valence-corrected chi connectivity index (χ3v) is 9.25. The molecule has 1 amide bonds. The maximum atomic E-state index is 12.7. The molecule has 10 heteroatoms. The second-order valence-corrected chi connectivity index (χ2v) is 14.1. The summed E-state index contributed by atoms with van der Waals surface area (Å²) < 4.78 is 22.0. The molecule has 44 heavy (non-hydrogen) atoms. The lowest BCUT2D eigenvalue weighted by atomic mass is 10.0. The van der Waals surface area contributed by atoms with Gasteiger partial charge in [-0.1, -0.05) is 155 Å². The zero-order chi connectivity index (χ0) is 32.7. The van der Waals surface area contributed by atoms with E-state index in [0.29, 0.717) is 12.8 Å². The Morgan fingerprint density at radius 2 is 1.09 bits per heavy atom. The van der Waals surface area contributed by atoms with E-state index in [2.05, 4.69) is 19.2 Å². The molecule has 264 valence electrons. The van der Waals surface area contributed by atoms with Gasteiger partial charge in [0.05, 0.1) is 37.9 Å². The van der Waals surface area contributed by atoms with Gasteiger partial charge in [-0.25, -0.2) is 4.57 Å². The van der Waals surface area contributed by atoms with Gasteiger partial charge in [-0.2, -0.15) is 0 Å². The van der Waals surface area contributed by atoms with Crippen molar-refractivity contribution in [1.82, 2.24) is 5.32 Å². The SMILES string of the molecule is CCCCCCCCCCCCCC(O)CC(=O)NC(COP(=O)(O)OCCN)C(O)CCCCCCCCCCCCC. The third kappa shape index (κ3) is 28.9. The van der Waals surface area contributed by atoms with Crippen LogP contribution >= 0.6 is 7.82 Å². The molecule has 0 spiro atoms. The standard InChI is InChI=1S/C34H71N2O7P/c1-3-5-7-9-11-13-15-17-19-21-23-25-31(37)29-34(39)36-32(30-43-44(40,41)42-28-27-35)33(38)26-24-22-20-18-16-14-12-10-8-6-4-2/h31-33,37-38H,3-30,35H2,1-2H3,(H,36,39)(H,40,41). The number of carbonyl (C=O) groups is 1. The molecule has 0 saturated carbocycles. The molecule has 0 fully saturated rings. The van der Waals surface area contributed by atoms with Gasteiger partial charge in [0.2, 0.25) is 5.91 Å². The first-order valence-electron chi connectivity index (χ1n) is 18.2. The summed E-state index contributed by atoms with van der Waals surface area (Å²) in [6.45, 7) is 4.01. The van der Waals surface area contributed by atoms with E-state index in [4.69, 9.17) is 14.8 Å². The highest BCUT2D eigenvalue weighted by Crippen LogP contribution is 2.43. The zero-order valence-corrected chi connectivity index (χ0v) is 29.4. The Morgan fingerprint density at radius 1 is 0.682 bits per heavy atom. The van der Waals surface area contributed by atoms with Crippen LogP contribution in [0.4, 0.5) is 0 Å². The van der Waals surface area contributed by atoms with Gasteiger partial charge >= 0.3 is 7.82 Å². The summed E-state index contributed by atoms with van der Waals surface area (Å²) in [6.07, 6.45) is 25.7. The summed E-state index contributed by atoms with van der Waals surface area (Å²) in [5, 5.41) is 24.0. The largest absolute Gasteiger partial charge is 0.472 e. The number of phosphoric ester groups is 1. The molecule has 0 aliphatic carbocycles. The molecule has 0 aromatic heterocycles. The highest BCUT2D eigenvalue weighted by molar-refractivity contribution is 7.47. The van der Waals surface area contributed by atoms with Gasteiger partial charge in [0.25, 0.3) is 0 Å². The second kappa shape index (κ2) is 31.1. The van der Waals surface area contributed by atoms with E-state index in [-0.39, 0.29) is 26.2 Å². The molecule has 0 aromatic rings. The Bertz CT molecular complexity index is 686. The number of hydrogen-bond donors (Lipinski definition) is 5. The number of phosphoric acid groups is 1. The minimum atomic E-state index is -4.36. The molecule has 0 aromatic carbocycles. The van der Waals surface area contributed by atoms with Gasteiger partial charge in [-0.3, -0.25) is 13.8 Å². The van der Waals surface area contributed by atoms with Crippen molar-refractivity contribution in [3.05, 3.63) is 0 Å². The molecular weight excluding hydrogens is 579 g/mol. The van der Waals surface area contributed by atoms with E-state index >= 15 is 0 Å². The lowest BCUT2D eigenvalue weighted by molar-refractivity contribution is -0.125. The van der Waals surface area contributed by atoms with Crippen LogP contribution in [0.15, 0.2) is 0 Å². The third-order valence-electron chi connectivity index (χ3n) is 8.27. The Kier molecular flexibility index (Phi) is 30.7. The Labute approximate surface area is 270 Å². The number of carbonyl (C=O) groups excluding carboxylic acids is 1. The van der Waals surface area contributed by atoms with Crippen molar-refractivity contribution >= 4 is 13.7 Å². The number of unbranched alkanes of at least 4 members (excludes halogenated alkanes) is 20. The van der Waals surface area contributed by atoms with Crippen molar-refractivity contribution in [2.24, 2.45) is 5.73 Å². The lowest BCUT2D eigenvalue weighted by Crippen LogP contribution is -2.47. The van der Waals surface area contributed by atoms with Crippen LogP contribution < -0.4 is 11.1 Å². The summed E-state index contributed by atoms with van der Waals surface area (Å²) >= 11 is 0. The number of hydrogen-bond acceptors (Lipinski definition) is 7. The van der Waals surface area contributed by atoms with Crippen LogP contribution in [-0.4, -0.2) is 59.0 Å². The van der Waals surface area contributed by atoms with Crippen LogP contribution in [0.1, 0.15) is 174 Å². The predicted octanol–water partition coefficient (Wildman–Crippen LogP) is 8.08. The molecule has 0 heterocycles. The Morgan fingerprint density at radius 3 is 1.52 bits per heavy atom. The van der Waals surface area contributed by atoms with Crippen molar-refractivity contribution < 1.29 is 33.5 Å². The molecule has 4 atom stereocenters. The van der Waals surface area contributed by atoms with E-state index < -0.39 is 32.0 Å². The van der Waals surface area contributed by atoms with Crippen LogP contribution in [0, 0.1) is 0 Å². The number of amides is 1. The van der Waals surface area contributed by atoms with Crippen molar-refractivity contribution in [3.8, 4) is 0 Å². The van der Waals surface area contributed by atoms with Gasteiger partial charge < -0.3 is 26.2 Å². The lowest BCUT2D eigenvalue weighted by Gasteiger charge is -2.25. The van der Waals surface area contributed by atoms with Gasteiger partial charge in [-0.15, -0.1) is 0 Å². The van der Waals surface area contributed by atoms with Crippen LogP contribution in [0.2, 0.25) is 0 Å². The van der Waals surface area contributed by atoms with Gasteiger partial charge in [0.1, 0.15) is 0 Å². The van der Waals surface area contributed by atoms with Crippen molar-refractivity contribution in [1.29, 1.82) is 0 Å². The van der Waals surface area contributed by atoms with Gasteiger partial charge in [-0.05, 0) is 12.8 Å². The van der Waals surface area contributed by atoms with Crippen molar-refractivity contribution in [2.45, 2.75) is 193 Å². The molecule has 0 bridgehead atoms. The summed E-state index contributed by atoms with van der Waals surface area (Å²) in [4.78, 5) is 22.6. The Hall–Kier alpha value is -0.540. The van der Waals surface area contributed by atoms with Crippen molar-refractivity contribution in [3.63, 3.8) is 0 Å². The topological polar surface area (TPSA) is 151 Å². The smallest absolute Gasteiger partial charge is 0.393 e.